The average Bonchev–Trinajstić information content (AvgIpc) is 2.73. The number of benzene rings is 3. The van der Waals surface area contributed by atoms with Gasteiger partial charge in [0.05, 0.1) is 24.4 Å². The first kappa shape index (κ1) is 20.2. The van der Waals surface area contributed by atoms with E-state index >= 15 is 0 Å². The van der Waals surface area contributed by atoms with Crippen molar-refractivity contribution in [2.24, 2.45) is 0 Å². The fourth-order valence-electron chi connectivity index (χ4n) is 3.19. The van der Waals surface area contributed by atoms with Crippen molar-refractivity contribution in [1.29, 1.82) is 5.26 Å². The zero-order valence-electron chi connectivity index (χ0n) is 17.1. The zero-order chi connectivity index (χ0) is 21.0. The van der Waals surface area contributed by atoms with Crippen molar-refractivity contribution in [2.75, 3.05) is 12.4 Å². The summed E-state index contributed by atoms with van der Waals surface area (Å²) in [5, 5.41) is 12.4. The molecule has 1 N–H and O–H groups in total. The highest BCUT2D eigenvalue weighted by Crippen LogP contribution is 2.33. The van der Waals surface area contributed by atoms with Gasteiger partial charge in [-0.05, 0) is 40.8 Å². The number of nitrogens with zero attached hydrogens (tertiary/aromatic N) is 1. The Hall–Kier alpha value is -3.58. The molecule has 0 fully saturated rings. The first-order chi connectivity index (χ1) is 13.8. The molecular weight excluding hydrogens is 360 g/mol. The summed E-state index contributed by atoms with van der Waals surface area (Å²) < 4.78 is 5.44. The van der Waals surface area contributed by atoms with Crippen LogP contribution in [0.3, 0.4) is 0 Å². The smallest absolute Gasteiger partial charge is 0.256 e. The molecule has 0 saturated heterocycles. The van der Waals surface area contributed by atoms with E-state index in [4.69, 9.17) is 4.74 Å². The van der Waals surface area contributed by atoms with Crippen LogP contribution in [0.5, 0.6) is 5.75 Å². The molecule has 4 heteroatoms. The highest BCUT2D eigenvalue weighted by Gasteiger charge is 2.19. The third kappa shape index (κ3) is 4.30. The van der Waals surface area contributed by atoms with Crippen LogP contribution >= 0.6 is 0 Å². The first-order valence-electron chi connectivity index (χ1n) is 9.43. The number of hydrogen-bond acceptors (Lipinski definition) is 3. The maximum absolute atomic E-state index is 13.2. The summed E-state index contributed by atoms with van der Waals surface area (Å²) in [7, 11) is 1.58. The van der Waals surface area contributed by atoms with Crippen LogP contribution in [-0.2, 0) is 5.41 Å². The van der Waals surface area contributed by atoms with Crippen molar-refractivity contribution in [3.8, 4) is 22.9 Å². The Labute approximate surface area is 171 Å². The summed E-state index contributed by atoms with van der Waals surface area (Å²) in [5.41, 5.74) is 4.13. The Morgan fingerprint density at radius 1 is 0.966 bits per heavy atom. The second-order valence-electron chi connectivity index (χ2n) is 7.82. The molecule has 3 aromatic carbocycles. The number of carbonyl (C=O) groups is 1. The highest BCUT2D eigenvalue weighted by molar-refractivity contribution is 6.09. The van der Waals surface area contributed by atoms with Crippen molar-refractivity contribution in [2.45, 2.75) is 26.2 Å². The van der Waals surface area contributed by atoms with E-state index in [1.54, 1.807) is 19.2 Å². The molecule has 3 rings (SSSR count). The number of nitriles is 1. The van der Waals surface area contributed by atoms with Crippen LogP contribution < -0.4 is 10.1 Å². The van der Waals surface area contributed by atoms with Gasteiger partial charge in [0.15, 0.2) is 0 Å². The molecule has 0 unspecified atom stereocenters. The minimum absolute atomic E-state index is 0.0601. The van der Waals surface area contributed by atoms with Gasteiger partial charge in [-0.25, -0.2) is 0 Å². The summed E-state index contributed by atoms with van der Waals surface area (Å²) in [6.45, 7) is 6.36. The number of hydrogen-bond donors (Lipinski definition) is 1. The standard InChI is InChI=1S/C25H24N2O2/c1-25(2,3)18-13-14-23(29-4)22(15-18)27-24(28)21-12-8-7-11-20(21)19-10-6-5-9-17(19)16-26/h5-15H,1-4H3,(H,27,28). The van der Waals surface area contributed by atoms with Gasteiger partial charge in [0.2, 0.25) is 0 Å². The van der Waals surface area contributed by atoms with Crippen molar-refractivity contribution >= 4 is 11.6 Å². The van der Waals surface area contributed by atoms with Crippen LogP contribution in [0.4, 0.5) is 5.69 Å². The molecular formula is C25H24N2O2. The lowest BCUT2D eigenvalue weighted by Crippen LogP contribution is -2.16. The summed E-state index contributed by atoms with van der Waals surface area (Å²) in [4.78, 5) is 13.2. The Balaban J connectivity index is 2.03. The van der Waals surface area contributed by atoms with E-state index in [2.05, 4.69) is 32.2 Å². The van der Waals surface area contributed by atoms with Crippen molar-refractivity contribution in [3.63, 3.8) is 0 Å². The van der Waals surface area contributed by atoms with E-state index in [0.717, 1.165) is 11.1 Å². The monoisotopic (exact) mass is 384 g/mol. The SMILES string of the molecule is COc1ccc(C(C)(C)C)cc1NC(=O)c1ccccc1-c1ccccc1C#N. The van der Waals surface area contributed by atoms with Crippen LogP contribution in [0.2, 0.25) is 0 Å². The Kier molecular flexibility index (Phi) is 5.70. The van der Waals surface area contributed by atoms with Gasteiger partial charge < -0.3 is 10.1 Å². The highest BCUT2D eigenvalue weighted by atomic mass is 16.5. The normalized spacial score (nSPS) is 10.9. The van der Waals surface area contributed by atoms with Crippen LogP contribution in [0.25, 0.3) is 11.1 Å². The van der Waals surface area contributed by atoms with Crippen LogP contribution in [-0.4, -0.2) is 13.0 Å². The first-order valence-corrected chi connectivity index (χ1v) is 9.43. The predicted octanol–water partition coefficient (Wildman–Crippen LogP) is 5.78. The number of amides is 1. The lowest BCUT2D eigenvalue weighted by molar-refractivity contribution is 0.102. The van der Waals surface area contributed by atoms with E-state index in [9.17, 15) is 10.1 Å². The molecule has 0 bridgehead atoms. The molecule has 0 aliphatic rings. The predicted molar refractivity (Wildman–Crippen MR) is 116 cm³/mol. The van der Waals surface area contributed by atoms with Crippen LogP contribution in [0.1, 0.15) is 42.3 Å². The van der Waals surface area contributed by atoms with Crippen molar-refractivity contribution in [1.82, 2.24) is 0 Å². The molecule has 0 atom stereocenters. The maximum Gasteiger partial charge on any atom is 0.256 e. The minimum atomic E-state index is -0.252. The zero-order valence-corrected chi connectivity index (χ0v) is 17.1. The third-order valence-corrected chi connectivity index (χ3v) is 4.82. The summed E-state index contributed by atoms with van der Waals surface area (Å²) in [6, 6.07) is 22.6. The van der Waals surface area contributed by atoms with Gasteiger partial charge in [-0.15, -0.1) is 0 Å². The molecule has 0 saturated carbocycles. The molecule has 4 nitrogen and oxygen atoms in total. The summed E-state index contributed by atoms with van der Waals surface area (Å²) in [6.07, 6.45) is 0. The molecule has 0 aromatic heterocycles. The summed E-state index contributed by atoms with van der Waals surface area (Å²) >= 11 is 0. The van der Waals surface area contributed by atoms with Gasteiger partial charge in [-0.2, -0.15) is 5.26 Å². The molecule has 0 aliphatic heterocycles. The van der Waals surface area contributed by atoms with E-state index in [0.29, 0.717) is 28.1 Å². The topological polar surface area (TPSA) is 62.1 Å². The Morgan fingerprint density at radius 2 is 1.62 bits per heavy atom. The number of carbonyl (C=O) groups excluding carboxylic acids is 1. The lowest BCUT2D eigenvalue weighted by atomic mass is 9.86. The molecule has 0 heterocycles. The maximum atomic E-state index is 13.2. The van der Waals surface area contributed by atoms with Gasteiger partial charge in [0.25, 0.3) is 5.91 Å². The van der Waals surface area contributed by atoms with Crippen molar-refractivity contribution < 1.29 is 9.53 Å². The molecule has 146 valence electrons. The van der Waals surface area contributed by atoms with Gasteiger partial charge in [-0.1, -0.05) is 63.2 Å². The number of nitrogens with one attached hydrogen (secondary N) is 1. The Morgan fingerprint density at radius 3 is 2.28 bits per heavy atom. The fourth-order valence-corrected chi connectivity index (χ4v) is 3.19. The van der Waals surface area contributed by atoms with Crippen LogP contribution in [0.15, 0.2) is 66.7 Å². The number of anilines is 1. The van der Waals surface area contributed by atoms with Gasteiger partial charge in [0.1, 0.15) is 5.75 Å². The minimum Gasteiger partial charge on any atom is -0.495 e. The van der Waals surface area contributed by atoms with E-state index in [1.165, 1.54) is 0 Å². The van der Waals surface area contributed by atoms with E-state index in [1.807, 2.05) is 54.6 Å². The van der Waals surface area contributed by atoms with Gasteiger partial charge in [-0.3, -0.25) is 4.79 Å². The molecule has 0 spiro atoms. The summed E-state index contributed by atoms with van der Waals surface area (Å²) in [5.74, 6) is 0.346. The number of ether oxygens (including phenoxy) is 1. The molecule has 0 radical (unpaired) electrons. The molecule has 1 amide bonds. The molecule has 29 heavy (non-hydrogen) atoms. The molecule has 3 aromatic rings. The van der Waals surface area contributed by atoms with Crippen molar-refractivity contribution in [3.05, 3.63) is 83.4 Å². The largest absolute Gasteiger partial charge is 0.495 e. The van der Waals surface area contributed by atoms with Crippen LogP contribution in [0, 0.1) is 11.3 Å². The fraction of sp³-hybridized carbons (Fsp3) is 0.200. The third-order valence-electron chi connectivity index (χ3n) is 4.82. The average molecular weight is 384 g/mol. The number of methoxy groups -OCH3 is 1. The quantitative estimate of drug-likeness (QED) is 0.620. The van der Waals surface area contributed by atoms with E-state index in [-0.39, 0.29) is 11.3 Å². The Bertz CT molecular complexity index is 1090. The van der Waals surface area contributed by atoms with Gasteiger partial charge in [0, 0.05) is 11.1 Å². The lowest BCUT2D eigenvalue weighted by Gasteiger charge is -2.21. The second-order valence-corrected chi connectivity index (χ2v) is 7.82. The van der Waals surface area contributed by atoms with E-state index < -0.39 is 0 Å². The van der Waals surface area contributed by atoms with Gasteiger partial charge >= 0.3 is 0 Å². The second kappa shape index (κ2) is 8.20. The number of rotatable bonds is 4. The molecule has 0 aliphatic carbocycles.